The van der Waals surface area contributed by atoms with Gasteiger partial charge < -0.3 is 23.5 Å². The zero-order valence-electron chi connectivity index (χ0n) is 25.4. The van der Waals surface area contributed by atoms with Gasteiger partial charge in [0.25, 0.3) is 0 Å². The molecule has 1 saturated heterocycles. The molecule has 226 valence electrons. The van der Waals surface area contributed by atoms with Crippen molar-refractivity contribution in [3.63, 3.8) is 0 Å². The first kappa shape index (κ1) is 33.8. The van der Waals surface area contributed by atoms with E-state index in [4.69, 9.17) is 32.5 Å². The lowest BCUT2D eigenvalue weighted by atomic mass is 9.89. The molecule has 0 bridgehead atoms. The fraction of sp³-hybridized carbons (Fsp3) is 0.655. The molecule has 1 aliphatic heterocycles. The highest BCUT2D eigenvalue weighted by molar-refractivity contribution is 7.41. The van der Waals surface area contributed by atoms with Crippen molar-refractivity contribution in [3.05, 3.63) is 36.1 Å². The molecule has 2 unspecified atom stereocenters. The number of likely N-dealkylation sites (tertiary alicyclic amines) is 1. The Morgan fingerprint density at radius 3 is 1.82 bits per heavy atom. The Balaban J connectivity index is 0.000000469. The highest BCUT2D eigenvalue weighted by Crippen LogP contribution is 2.46. The number of allylic oxidation sites excluding steroid dienone is 1. The van der Waals surface area contributed by atoms with Gasteiger partial charge in [-0.1, -0.05) is 12.1 Å². The van der Waals surface area contributed by atoms with Crippen molar-refractivity contribution in [2.24, 2.45) is 16.7 Å². The van der Waals surface area contributed by atoms with E-state index in [9.17, 15) is 9.59 Å². The second kappa shape index (κ2) is 15.6. The van der Waals surface area contributed by atoms with Crippen molar-refractivity contribution in [1.82, 2.24) is 4.90 Å². The Kier molecular flexibility index (Phi) is 13.2. The second-order valence-electron chi connectivity index (χ2n) is 11.7. The SMILES string of the molecule is CN1CCC2CCC(OP(OCOC(=O)C(C)(C)C)OCOC(=O)C(C)(C)C)=CC21.COc1ccccc1OC. The third-order valence-electron chi connectivity index (χ3n) is 6.36. The maximum atomic E-state index is 11.9. The number of ether oxygens (including phenoxy) is 4. The van der Waals surface area contributed by atoms with E-state index in [0.717, 1.165) is 36.6 Å². The van der Waals surface area contributed by atoms with Crippen molar-refractivity contribution in [2.75, 3.05) is 41.4 Å². The number of carbonyl (C=O) groups excluding carboxylic acids is 2. The molecule has 1 heterocycles. The maximum absolute atomic E-state index is 11.9. The zero-order chi connectivity index (χ0) is 29.9. The number of nitrogens with zero attached hydrogens (tertiary/aromatic N) is 1. The summed E-state index contributed by atoms with van der Waals surface area (Å²) in [5.41, 5.74) is -1.27. The van der Waals surface area contributed by atoms with Crippen LogP contribution in [-0.2, 0) is 32.6 Å². The Morgan fingerprint density at radius 2 is 1.38 bits per heavy atom. The van der Waals surface area contributed by atoms with E-state index in [-0.39, 0.29) is 25.5 Å². The van der Waals surface area contributed by atoms with Crippen LogP contribution in [-0.4, -0.2) is 64.3 Å². The molecule has 2 aliphatic rings. The number of fused-ring (bicyclic) bond motifs is 1. The minimum absolute atomic E-state index is 0.297. The van der Waals surface area contributed by atoms with Gasteiger partial charge in [0.2, 0.25) is 13.6 Å². The predicted molar refractivity (Wildman–Crippen MR) is 152 cm³/mol. The van der Waals surface area contributed by atoms with E-state index < -0.39 is 19.4 Å². The number of hydrogen-bond acceptors (Lipinski definition) is 10. The van der Waals surface area contributed by atoms with Gasteiger partial charge in [-0.25, -0.2) is 0 Å². The van der Waals surface area contributed by atoms with Gasteiger partial charge in [0.05, 0.1) is 25.0 Å². The number of methoxy groups -OCH3 is 2. The van der Waals surface area contributed by atoms with Crippen molar-refractivity contribution in [2.45, 2.75) is 66.8 Å². The molecule has 10 nitrogen and oxygen atoms in total. The van der Waals surface area contributed by atoms with Gasteiger partial charge in [0.15, 0.2) is 11.5 Å². The van der Waals surface area contributed by atoms with Crippen LogP contribution in [0, 0.1) is 16.7 Å². The first-order valence-electron chi connectivity index (χ1n) is 13.4. The Morgan fingerprint density at radius 1 is 0.875 bits per heavy atom. The van der Waals surface area contributed by atoms with E-state index in [1.165, 1.54) is 6.42 Å². The van der Waals surface area contributed by atoms with Gasteiger partial charge in [-0.3, -0.25) is 23.5 Å². The summed E-state index contributed by atoms with van der Waals surface area (Å²) < 4.78 is 37.4. The van der Waals surface area contributed by atoms with Crippen LogP contribution in [0.2, 0.25) is 0 Å². The monoisotopic (exact) mass is 583 g/mol. The molecule has 11 heteroatoms. The molecule has 1 aromatic carbocycles. The number of hydrogen-bond donors (Lipinski definition) is 0. The molecule has 3 rings (SSSR count). The van der Waals surface area contributed by atoms with Crippen LogP contribution in [0.4, 0.5) is 0 Å². The Hall–Kier alpha value is -2.39. The largest absolute Gasteiger partial charge is 0.493 e. The predicted octanol–water partition coefficient (Wildman–Crippen LogP) is 6.06. The third-order valence-corrected chi connectivity index (χ3v) is 7.38. The fourth-order valence-electron chi connectivity index (χ4n) is 3.96. The first-order chi connectivity index (χ1) is 18.8. The number of benzene rings is 1. The Labute approximate surface area is 240 Å². The molecule has 1 aliphatic carbocycles. The normalized spacial score (nSPS) is 19.1. The van der Waals surface area contributed by atoms with E-state index in [0.29, 0.717) is 12.0 Å². The number of esters is 2. The van der Waals surface area contributed by atoms with Crippen LogP contribution in [0.25, 0.3) is 0 Å². The van der Waals surface area contributed by atoms with Gasteiger partial charge >= 0.3 is 20.5 Å². The minimum atomic E-state index is -1.89. The van der Waals surface area contributed by atoms with Crippen LogP contribution >= 0.6 is 8.60 Å². The molecule has 1 aromatic rings. The van der Waals surface area contributed by atoms with E-state index in [1.54, 1.807) is 55.8 Å². The van der Waals surface area contributed by atoms with E-state index >= 15 is 0 Å². The van der Waals surface area contributed by atoms with Crippen molar-refractivity contribution in [1.29, 1.82) is 0 Å². The van der Waals surface area contributed by atoms with Gasteiger partial charge in [0.1, 0.15) is 5.76 Å². The molecule has 0 N–H and O–H groups in total. The summed E-state index contributed by atoms with van der Waals surface area (Å²) in [5, 5.41) is 0. The van der Waals surface area contributed by atoms with Crippen molar-refractivity contribution < 1.29 is 42.1 Å². The summed E-state index contributed by atoms with van der Waals surface area (Å²) in [6.07, 6.45) is 5.15. The molecule has 1 fully saturated rings. The lowest BCUT2D eigenvalue weighted by Gasteiger charge is -2.29. The molecule has 40 heavy (non-hydrogen) atoms. The van der Waals surface area contributed by atoms with Crippen LogP contribution < -0.4 is 9.47 Å². The lowest BCUT2D eigenvalue weighted by molar-refractivity contribution is -0.162. The molecule has 0 amide bonds. The lowest BCUT2D eigenvalue weighted by Crippen LogP contribution is -2.30. The minimum Gasteiger partial charge on any atom is -0.493 e. The topological polar surface area (TPSA) is 102 Å². The molecule has 0 aromatic heterocycles. The molecule has 2 atom stereocenters. The van der Waals surface area contributed by atoms with Crippen LogP contribution in [0.15, 0.2) is 36.1 Å². The highest BCUT2D eigenvalue weighted by atomic mass is 31.2. The average Bonchev–Trinajstić information content (AvgIpc) is 3.27. The maximum Gasteiger partial charge on any atom is 0.402 e. The molecule has 0 spiro atoms. The standard InChI is InChI=1S/C21H36NO7P.C8H10O2/c1-20(2,3)18(23)25-13-27-30(28-14-26-19(24)21(4,5)6)29-16-9-8-15-10-11-22(7)17(15)12-16;1-9-7-5-3-4-6-8(7)10-2/h12,15,17H,8-11,13-14H2,1-7H3;3-6H,1-2H3. The summed E-state index contributed by atoms with van der Waals surface area (Å²) in [4.78, 5) is 26.2. The van der Waals surface area contributed by atoms with Crippen LogP contribution in [0.5, 0.6) is 11.5 Å². The summed E-state index contributed by atoms with van der Waals surface area (Å²) in [5.74, 6) is 2.21. The van der Waals surface area contributed by atoms with Gasteiger partial charge in [0, 0.05) is 12.5 Å². The van der Waals surface area contributed by atoms with Gasteiger partial charge in [-0.15, -0.1) is 0 Å². The smallest absolute Gasteiger partial charge is 0.402 e. The van der Waals surface area contributed by atoms with Crippen LogP contribution in [0.3, 0.4) is 0 Å². The third kappa shape index (κ3) is 10.9. The first-order valence-corrected chi connectivity index (χ1v) is 14.5. The molecular weight excluding hydrogens is 537 g/mol. The summed E-state index contributed by atoms with van der Waals surface area (Å²) in [6, 6.07) is 7.88. The van der Waals surface area contributed by atoms with Crippen molar-refractivity contribution in [3.8, 4) is 11.5 Å². The number of para-hydroxylation sites is 2. The average molecular weight is 584 g/mol. The molecule has 0 saturated carbocycles. The number of likely N-dealkylation sites (N-methyl/N-ethyl adjacent to an activating group) is 1. The van der Waals surface area contributed by atoms with Crippen molar-refractivity contribution >= 4 is 20.5 Å². The molecular formula is C29H46NO9P. The number of rotatable bonds is 10. The molecule has 0 radical (unpaired) electrons. The highest BCUT2D eigenvalue weighted by Gasteiger charge is 2.35. The van der Waals surface area contributed by atoms with Crippen LogP contribution in [0.1, 0.15) is 60.8 Å². The van der Waals surface area contributed by atoms with E-state index in [1.807, 2.05) is 24.3 Å². The fourth-order valence-corrected chi connectivity index (χ4v) is 4.76. The van der Waals surface area contributed by atoms with Gasteiger partial charge in [-0.05, 0) is 92.1 Å². The number of carbonyl (C=O) groups is 2. The summed E-state index contributed by atoms with van der Waals surface area (Å²) in [6.45, 7) is 11.1. The Bertz CT molecular complexity index is 931. The zero-order valence-corrected chi connectivity index (χ0v) is 26.2. The summed E-state index contributed by atoms with van der Waals surface area (Å²) >= 11 is 0. The quantitative estimate of drug-likeness (QED) is 0.184. The summed E-state index contributed by atoms with van der Waals surface area (Å²) in [7, 11) is 3.46. The second-order valence-corrected chi connectivity index (χ2v) is 12.9. The van der Waals surface area contributed by atoms with E-state index in [2.05, 4.69) is 18.0 Å². The van der Waals surface area contributed by atoms with Gasteiger partial charge in [-0.2, -0.15) is 0 Å².